The van der Waals surface area contributed by atoms with Crippen LogP contribution in [0.1, 0.15) is 44.9 Å². The Hall–Kier alpha value is -0.940. The molecule has 1 unspecified atom stereocenters. The first-order chi connectivity index (χ1) is 9.60. The first kappa shape index (κ1) is 15.4. The molecule has 2 fully saturated rings. The third-order valence-corrected chi connectivity index (χ3v) is 4.53. The van der Waals surface area contributed by atoms with Gasteiger partial charge in [-0.2, -0.15) is 0 Å². The molecule has 2 atom stereocenters. The number of nitrogens with one attached hydrogen (secondary N) is 1. The van der Waals surface area contributed by atoms with E-state index in [1.807, 2.05) is 0 Å². The van der Waals surface area contributed by atoms with Crippen molar-refractivity contribution in [2.75, 3.05) is 6.54 Å². The summed E-state index contributed by atoms with van der Waals surface area (Å²) in [6.07, 6.45) is 8.18. The lowest BCUT2D eigenvalue weighted by Crippen LogP contribution is -2.41. The van der Waals surface area contributed by atoms with Crippen LogP contribution in [0, 0.1) is 17.8 Å². The van der Waals surface area contributed by atoms with Crippen molar-refractivity contribution < 1.29 is 14.7 Å². The number of carboxylic acid groups (broad SMARTS) is 1. The van der Waals surface area contributed by atoms with Crippen molar-refractivity contribution in [1.82, 2.24) is 5.32 Å². The maximum Gasteiger partial charge on any atom is 0.305 e. The van der Waals surface area contributed by atoms with Gasteiger partial charge < -0.3 is 21.0 Å². The van der Waals surface area contributed by atoms with Crippen LogP contribution in [0.3, 0.4) is 0 Å². The van der Waals surface area contributed by atoms with E-state index in [1.54, 1.807) is 0 Å². The Balaban J connectivity index is 1.62. The Kier molecular flexibility index (Phi) is 5.54. The number of carbonyl (C=O) groups excluding carboxylic acids is 1. The number of aldehydes is 1. The van der Waals surface area contributed by atoms with E-state index < -0.39 is 12.0 Å². The third-order valence-electron chi connectivity index (χ3n) is 4.53. The van der Waals surface area contributed by atoms with Gasteiger partial charge in [-0.1, -0.05) is 0 Å². The molecule has 0 bridgehead atoms. The maximum absolute atomic E-state index is 10.7. The molecule has 0 aliphatic heterocycles. The number of carboxylic acids is 1. The molecule has 0 aromatic heterocycles. The second-order valence-corrected chi connectivity index (χ2v) is 6.42. The van der Waals surface area contributed by atoms with Gasteiger partial charge in [0.15, 0.2) is 0 Å². The zero-order valence-corrected chi connectivity index (χ0v) is 12.0. The molecule has 0 aromatic rings. The number of hydrogen-bond acceptors (Lipinski definition) is 4. The number of rotatable bonds is 11. The average Bonchev–Trinajstić information content (AvgIpc) is 3.26. The Morgan fingerprint density at radius 2 is 1.85 bits per heavy atom. The fraction of sp³-hybridized carbons (Fsp3) is 0.867. The van der Waals surface area contributed by atoms with Crippen LogP contribution >= 0.6 is 0 Å². The van der Waals surface area contributed by atoms with Crippen LogP contribution < -0.4 is 11.1 Å². The molecule has 5 heteroatoms. The van der Waals surface area contributed by atoms with Gasteiger partial charge in [-0.25, -0.2) is 0 Å². The highest BCUT2D eigenvalue weighted by atomic mass is 16.4. The Bertz CT molecular complexity index is 328. The van der Waals surface area contributed by atoms with Gasteiger partial charge in [-0.15, -0.1) is 0 Å². The van der Waals surface area contributed by atoms with Crippen LogP contribution in [0.4, 0.5) is 0 Å². The minimum atomic E-state index is -0.967. The van der Waals surface area contributed by atoms with Gasteiger partial charge >= 0.3 is 5.97 Å². The molecule has 2 rings (SSSR count). The van der Waals surface area contributed by atoms with Gasteiger partial charge in [0.2, 0.25) is 0 Å². The molecule has 2 aliphatic carbocycles. The Morgan fingerprint density at radius 3 is 2.30 bits per heavy atom. The van der Waals surface area contributed by atoms with Gasteiger partial charge in [-0.3, -0.25) is 4.79 Å². The molecule has 20 heavy (non-hydrogen) atoms. The highest BCUT2D eigenvalue weighted by molar-refractivity contribution is 5.73. The fourth-order valence-corrected chi connectivity index (χ4v) is 3.07. The molecule has 0 aromatic carbocycles. The van der Waals surface area contributed by atoms with E-state index in [1.165, 1.54) is 32.1 Å². The molecule has 2 saturated carbocycles. The van der Waals surface area contributed by atoms with Gasteiger partial charge in [0, 0.05) is 12.6 Å². The predicted molar refractivity (Wildman–Crippen MR) is 76.3 cm³/mol. The smallest absolute Gasteiger partial charge is 0.305 e. The number of carbonyl (C=O) groups is 2. The van der Waals surface area contributed by atoms with Gasteiger partial charge in [-0.05, 0) is 56.3 Å². The highest BCUT2D eigenvalue weighted by Gasteiger charge is 2.40. The fourth-order valence-electron chi connectivity index (χ4n) is 3.07. The van der Waals surface area contributed by atoms with E-state index in [-0.39, 0.29) is 12.5 Å². The van der Waals surface area contributed by atoms with Crippen LogP contribution in [-0.4, -0.2) is 36.0 Å². The molecule has 5 nitrogen and oxygen atoms in total. The van der Waals surface area contributed by atoms with Crippen molar-refractivity contribution in [3.05, 3.63) is 0 Å². The topological polar surface area (TPSA) is 92.4 Å². The van der Waals surface area contributed by atoms with E-state index in [9.17, 15) is 9.59 Å². The SMILES string of the molecule is NC(CCC(C1CC1)C1CC1)CN[C@@H](C=O)CC(=O)O. The molecule has 2 aliphatic rings. The van der Waals surface area contributed by atoms with E-state index in [0.717, 1.165) is 24.2 Å². The van der Waals surface area contributed by atoms with E-state index >= 15 is 0 Å². The lowest BCUT2D eigenvalue weighted by molar-refractivity contribution is -0.138. The summed E-state index contributed by atoms with van der Waals surface area (Å²) in [4.78, 5) is 21.3. The van der Waals surface area contributed by atoms with E-state index in [4.69, 9.17) is 10.8 Å². The van der Waals surface area contributed by atoms with E-state index in [2.05, 4.69) is 5.32 Å². The summed E-state index contributed by atoms with van der Waals surface area (Å²) in [6, 6.07) is -0.618. The van der Waals surface area contributed by atoms with Crippen LogP contribution in [-0.2, 0) is 9.59 Å². The van der Waals surface area contributed by atoms with Gasteiger partial charge in [0.1, 0.15) is 6.29 Å². The third kappa shape index (κ3) is 5.21. The number of nitrogens with two attached hydrogens (primary N) is 1. The van der Waals surface area contributed by atoms with Crippen LogP contribution in [0.25, 0.3) is 0 Å². The van der Waals surface area contributed by atoms with E-state index in [0.29, 0.717) is 12.8 Å². The normalized spacial score (nSPS) is 21.7. The molecule has 0 amide bonds. The van der Waals surface area contributed by atoms with Crippen molar-refractivity contribution in [3.8, 4) is 0 Å². The van der Waals surface area contributed by atoms with Crippen LogP contribution in [0.5, 0.6) is 0 Å². The Morgan fingerprint density at radius 1 is 1.25 bits per heavy atom. The summed E-state index contributed by atoms with van der Waals surface area (Å²) >= 11 is 0. The van der Waals surface area contributed by atoms with Gasteiger partial charge in [0.05, 0.1) is 12.5 Å². The molecule has 114 valence electrons. The summed E-state index contributed by atoms with van der Waals surface area (Å²) in [7, 11) is 0. The molecular formula is C15H26N2O3. The summed E-state index contributed by atoms with van der Waals surface area (Å²) in [6.45, 7) is 0.513. The van der Waals surface area contributed by atoms with Crippen molar-refractivity contribution in [3.63, 3.8) is 0 Å². The van der Waals surface area contributed by atoms with Crippen LogP contribution in [0.2, 0.25) is 0 Å². The van der Waals surface area contributed by atoms with Gasteiger partial charge in [0.25, 0.3) is 0 Å². The highest BCUT2D eigenvalue weighted by Crippen LogP contribution is 2.51. The summed E-state index contributed by atoms with van der Waals surface area (Å²) in [5.41, 5.74) is 6.07. The van der Waals surface area contributed by atoms with Crippen molar-refractivity contribution in [2.24, 2.45) is 23.5 Å². The summed E-state index contributed by atoms with van der Waals surface area (Å²) in [5.74, 6) is 1.78. The number of aliphatic carboxylic acids is 1. The predicted octanol–water partition coefficient (Wildman–Crippen LogP) is 1.16. The lowest BCUT2D eigenvalue weighted by Gasteiger charge is -2.20. The zero-order valence-electron chi connectivity index (χ0n) is 12.0. The molecule has 0 heterocycles. The quantitative estimate of drug-likeness (QED) is 0.495. The molecule has 0 saturated heterocycles. The minimum absolute atomic E-state index is 0.00578. The van der Waals surface area contributed by atoms with Crippen molar-refractivity contribution >= 4 is 12.3 Å². The largest absolute Gasteiger partial charge is 0.481 e. The average molecular weight is 282 g/mol. The Labute approximate surface area is 120 Å². The van der Waals surface area contributed by atoms with Crippen LogP contribution in [0.15, 0.2) is 0 Å². The summed E-state index contributed by atoms with van der Waals surface area (Å²) < 4.78 is 0. The van der Waals surface area contributed by atoms with Crippen molar-refractivity contribution in [2.45, 2.75) is 57.0 Å². The first-order valence-electron chi connectivity index (χ1n) is 7.76. The standard InChI is InChI=1S/C15H26N2O3/c16-12(8-17-13(9-18)7-15(19)20)5-6-14(10-1-2-10)11-3-4-11/h9-14,17H,1-8,16H2,(H,19,20)/t12?,13-/m1/s1. The zero-order chi connectivity index (χ0) is 14.5. The molecular weight excluding hydrogens is 256 g/mol. The second-order valence-electron chi connectivity index (χ2n) is 6.42. The molecule has 0 spiro atoms. The molecule has 0 radical (unpaired) electrons. The maximum atomic E-state index is 10.7. The minimum Gasteiger partial charge on any atom is -0.481 e. The summed E-state index contributed by atoms with van der Waals surface area (Å²) in [5, 5.41) is 11.6. The lowest BCUT2D eigenvalue weighted by atomic mass is 9.91. The second kappa shape index (κ2) is 7.18. The number of hydrogen-bond donors (Lipinski definition) is 3. The monoisotopic (exact) mass is 282 g/mol. The van der Waals surface area contributed by atoms with Crippen molar-refractivity contribution in [1.29, 1.82) is 0 Å². The first-order valence-corrected chi connectivity index (χ1v) is 7.76. The molecule has 4 N–H and O–H groups in total.